The molecule has 36 heavy (non-hydrogen) atoms. The van der Waals surface area contributed by atoms with E-state index in [0.29, 0.717) is 25.1 Å². The minimum absolute atomic E-state index is 0.0390. The van der Waals surface area contributed by atoms with Crippen LogP contribution in [-0.2, 0) is 16.6 Å². The van der Waals surface area contributed by atoms with Gasteiger partial charge in [-0.15, -0.1) is 11.3 Å². The molecule has 3 aromatic carbocycles. The third-order valence-corrected chi connectivity index (χ3v) is 8.27. The van der Waals surface area contributed by atoms with Crippen LogP contribution in [0.3, 0.4) is 0 Å². The summed E-state index contributed by atoms with van der Waals surface area (Å²) in [4.78, 5) is 33.6. The van der Waals surface area contributed by atoms with Crippen LogP contribution in [0.5, 0.6) is 0 Å². The summed E-state index contributed by atoms with van der Waals surface area (Å²) >= 11 is 1.66. The van der Waals surface area contributed by atoms with E-state index in [-0.39, 0.29) is 17.9 Å². The van der Waals surface area contributed by atoms with Crippen LogP contribution in [0, 0.1) is 6.92 Å². The highest BCUT2D eigenvalue weighted by molar-refractivity contribution is 7.18. The first-order chi connectivity index (χ1) is 17.4. The third-order valence-electron chi connectivity index (χ3n) is 7.23. The summed E-state index contributed by atoms with van der Waals surface area (Å²) in [6.07, 6.45) is 2.05. The van der Waals surface area contributed by atoms with Gasteiger partial charge in [-0.3, -0.25) is 9.59 Å². The van der Waals surface area contributed by atoms with Crippen LogP contribution in [0.2, 0.25) is 0 Å². The van der Waals surface area contributed by atoms with E-state index in [1.54, 1.807) is 11.3 Å². The molecule has 1 aromatic heterocycles. The number of nitrogens with one attached hydrogen (secondary N) is 1. The molecule has 6 heteroatoms. The van der Waals surface area contributed by atoms with E-state index in [1.165, 1.54) is 0 Å². The number of benzene rings is 3. The number of thiazole rings is 1. The van der Waals surface area contributed by atoms with Crippen LogP contribution in [0.1, 0.15) is 46.3 Å². The lowest BCUT2D eigenvalue weighted by Crippen LogP contribution is -2.52. The molecule has 0 aliphatic carbocycles. The second-order valence-electron chi connectivity index (χ2n) is 9.81. The molecule has 0 saturated carbocycles. The van der Waals surface area contributed by atoms with Crippen molar-refractivity contribution in [3.8, 4) is 0 Å². The first-order valence-electron chi connectivity index (χ1n) is 12.5. The van der Waals surface area contributed by atoms with Crippen molar-refractivity contribution in [3.05, 3.63) is 101 Å². The fourth-order valence-electron chi connectivity index (χ4n) is 5.07. The van der Waals surface area contributed by atoms with Crippen molar-refractivity contribution in [3.63, 3.8) is 0 Å². The maximum atomic E-state index is 14.1. The van der Waals surface area contributed by atoms with Gasteiger partial charge in [-0.2, -0.15) is 0 Å². The zero-order valence-corrected chi connectivity index (χ0v) is 21.6. The number of amides is 2. The van der Waals surface area contributed by atoms with Crippen molar-refractivity contribution in [1.29, 1.82) is 0 Å². The summed E-state index contributed by atoms with van der Waals surface area (Å²) < 4.78 is 1.14. The number of piperidine rings is 1. The number of carbonyl (C=O) groups is 2. The number of aryl methyl sites for hydroxylation is 1. The number of rotatable bonds is 6. The normalized spacial score (nSPS) is 16.0. The van der Waals surface area contributed by atoms with Gasteiger partial charge in [0.05, 0.1) is 20.6 Å². The molecular weight excluding hydrogens is 466 g/mol. The Morgan fingerprint density at radius 1 is 0.972 bits per heavy atom. The molecular formula is C30H31N3O2S. The first-order valence-corrected chi connectivity index (χ1v) is 13.3. The van der Waals surface area contributed by atoms with Gasteiger partial charge in [-0.1, -0.05) is 60.7 Å². The second kappa shape index (κ2) is 10.2. The highest BCUT2D eigenvalue weighted by atomic mass is 32.1. The maximum Gasteiger partial charge on any atom is 0.251 e. The molecule has 2 amide bonds. The molecule has 1 aliphatic rings. The van der Waals surface area contributed by atoms with Crippen molar-refractivity contribution >= 4 is 33.4 Å². The van der Waals surface area contributed by atoms with Gasteiger partial charge in [0, 0.05) is 31.1 Å². The van der Waals surface area contributed by atoms with E-state index >= 15 is 0 Å². The molecule has 1 fully saturated rings. The molecule has 5 rings (SSSR count). The van der Waals surface area contributed by atoms with Gasteiger partial charge in [0.2, 0.25) is 5.91 Å². The van der Waals surface area contributed by atoms with E-state index in [2.05, 4.69) is 11.4 Å². The van der Waals surface area contributed by atoms with Crippen LogP contribution < -0.4 is 5.32 Å². The summed E-state index contributed by atoms with van der Waals surface area (Å²) in [7, 11) is 0. The van der Waals surface area contributed by atoms with Gasteiger partial charge in [0.25, 0.3) is 5.91 Å². The number of fused-ring (bicyclic) bond motifs is 1. The number of nitrogens with zero attached hydrogens (tertiary/aromatic N) is 2. The lowest BCUT2D eigenvalue weighted by atomic mass is 9.78. The lowest BCUT2D eigenvalue weighted by Gasteiger charge is -2.38. The summed E-state index contributed by atoms with van der Waals surface area (Å²) in [6.45, 7) is 5.24. The molecule has 2 heterocycles. The zero-order chi connectivity index (χ0) is 25.1. The highest BCUT2D eigenvalue weighted by Gasteiger charge is 2.40. The van der Waals surface area contributed by atoms with Crippen molar-refractivity contribution < 1.29 is 9.59 Å². The molecule has 0 radical (unpaired) electrons. The molecule has 1 atom stereocenters. The molecule has 5 nitrogen and oxygen atoms in total. The second-order valence-corrected chi connectivity index (χ2v) is 10.9. The fraction of sp³-hybridized carbons (Fsp3) is 0.300. The molecule has 184 valence electrons. The van der Waals surface area contributed by atoms with Gasteiger partial charge in [-0.25, -0.2) is 4.98 Å². The highest BCUT2D eigenvalue weighted by Crippen LogP contribution is 2.34. The van der Waals surface area contributed by atoms with E-state index in [0.717, 1.165) is 39.2 Å². The Bertz CT molecular complexity index is 1340. The van der Waals surface area contributed by atoms with Crippen LogP contribution in [0.25, 0.3) is 10.2 Å². The number of para-hydroxylation sites is 1. The van der Waals surface area contributed by atoms with Crippen LogP contribution in [0.4, 0.5) is 0 Å². The average molecular weight is 498 g/mol. The number of hydrogen-bond acceptors (Lipinski definition) is 4. The van der Waals surface area contributed by atoms with Crippen LogP contribution >= 0.6 is 11.3 Å². The standard InChI is InChI=1S/C30H31N3O2S/c1-21-10-6-7-13-24(21)28(34)31-23-16-18-33(19-17-23)29(35)30(2,22-11-4-3-5-12-22)20-27-32-25-14-8-9-15-26(25)36-27/h3-15,23H,16-20H2,1-2H3,(H,31,34). The Labute approximate surface area is 216 Å². The summed E-state index contributed by atoms with van der Waals surface area (Å²) in [5.41, 5.74) is 2.95. The maximum absolute atomic E-state index is 14.1. The first kappa shape index (κ1) is 24.2. The quantitative estimate of drug-likeness (QED) is 0.381. The summed E-state index contributed by atoms with van der Waals surface area (Å²) in [5.74, 6) is 0.0828. The van der Waals surface area contributed by atoms with E-state index in [4.69, 9.17) is 4.98 Å². The SMILES string of the molecule is Cc1ccccc1C(=O)NC1CCN(C(=O)C(C)(Cc2nc3ccccc3s2)c2ccccc2)CC1. The average Bonchev–Trinajstić information content (AvgIpc) is 3.31. The number of carbonyl (C=O) groups excluding carboxylic acids is 2. The monoisotopic (exact) mass is 497 g/mol. The Morgan fingerprint density at radius 2 is 1.64 bits per heavy atom. The molecule has 0 spiro atoms. The Hall–Kier alpha value is -3.51. The number of hydrogen-bond donors (Lipinski definition) is 1. The van der Waals surface area contributed by atoms with Crippen molar-refractivity contribution in [2.24, 2.45) is 0 Å². The summed E-state index contributed by atoms with van der Waals surface area (Å²) in [5, 5.41) is 4.14. The predicted octanol–water partition coefficient (Wildman–Crippen LogP) is 5.53. The molecule has 4 aromatic rings. The molecule has 1 saturated heterocycles. The van der Waals surface area contributed by atoms with Gasteiger partial charge in [-0.05, 0) is 56.0 Å². The van der Waals surface area contributed by atoms with Gasteiger partial charge < -0.3 is 10.2 Å². The smallest absolute Gasteiger partial charge is 0.251 e. The summed E-state index contributed by atoms with van der Waals surface area (Å²) in [6, 6.07) is 25.9. The van der Waals surface area contributed by atoms with E-state index in [9.17, 15) is 9.59 Å². The molecule has 0 bridgehead atoms. The van der Waals surface area contributed by atoms with Crippen LogP contribution in [0.15, 0.2) is 78.9 Å². The largest absolute Gasteiger partial charge is 0.349 e. The fourth-order valence-corrected chi connectivity index (χ4v) is 6.20. The predicted molar refractivity (Wildman–Crippen MR) is 145 cm³/mol. The van der Waals surface area contributed by atoms with E-state index in [1.807, 2.05) is 91.5 Å². The molecule has 1 unspecified atom stereocenters. The third kappa shape index (κ3) is 4.91. The van der Waals surface area contributed by atoms with Gasteiger partial charge in [0.1, 0.15) is 0 Å². The van der Waals surface area contributed by atoms with Crippen molar-refractivity contribution in [1.82, 2.24) is 15.2 Å². The van der Waals surface area contributed by atoms with Crippen LogP contribution in [-0.4, -0.2) is 40.8 Å². The minimum atomic E-state index is -0.716. The molecule has 1 N–H and O–H groups in total. The zero-order valence-electron chi connectivity index (χ0n) is 20.7. The van der Waals surface area contributed by atoms with E-state index < -0.39 is 5.41 Å². The number of likely N-dealkylation sites (tertiary alicyclic amines) is 1. The number of aromatic nitrogens is 1. The Morgan fingerprint density at radius 3 is 2.36 bits per heavy atom. The Kier molecular flexibility index (Phi) is 6.88. The van der Waals surface area contributed by atoms with Gasteiger partial charge in [0.15, 0.2) is 0 Å². The minimum Gasteiger partial charge on any atom is -0.349 e. The van der Waals surface area contributed by atoms with Crippen molar-refractivity contribution in [2.45, 2.75) is 44.6 Å². The topological polar surface area (TPSA) is 62.3 Å². The molecule has 1 aliphatic heterocycles. The van der Waals surface area contributed by atoms with Crippen molar-refractivity contribution in [2.75, 3.05) is 13.1 Å². The Balaban J connectivity index is 1.31. The van der Waals surface area contributed by atoms with Gasteiger partial charge >= 0.3 is 0 Å². The lowest BCUT2D eigenvalue weighted by molar-refractivity contribution is -0.138.